The van der Waals surface area contributed by atoms with Gasteiger partial charge in [0, 0.05) is 24.5 Å². The van der Waals surface area contributed by atoms with E-state index in [-0.39, 0.29) is 35.2 Å². The minimum Gasteiger partial charge on any atom is -0.404 e. The van der Waals surface area contributed by atoms with Crippen molar-refractivity contribution in [3.8, 4) is 5.75 Å². The van der Waals surface area contributed by atoms with Crippen molar-refractivity contribution in [1.29, 1.82) is 0 Å². The lowest BCUT2D eigenvalue weighted by molar-refractivity contribution is -0.274. The molecule has 1 saturated heterocycles. The second-order valence-electron chi connectivity index (χ2n) is 7.88. The molecular weight excluding hydrogens is 475 g/mol. The first-order valence-electron chi connectivity index (χ1n) is 10.5. The number of nitrogens with one attached hydrogen (secondary N) is 2. The van der Waals surface area contributed by atoms with Gasteiger partial charge >= 0.3 is 6.36 Å². The summed E-state index contributed by atoms with van der Waals surface area (Å²) in [6, 6.07) is 9.58. The Labute approximate surface area is 195 Å². The zero-order valence-corrected chi connectivity index (χ0v) is 18.4. The number of ether oxygens (including phenoxy) is 2. The van der Waals surface area contributed by atoms with Crippen LogP contribution in [0.2, 0.25) is 5.02 Å². The molecule has 34 heavy (non-hydrogen) atoms. The molecule has 0 spiro atoms. The standard InChI is InChI=1S/C22H19ClF3N5O3/c23-15-7-17-18(8-19(15)34-22(24,25)26)29-20(28-17)9-16-13-3-1-2-4-14(13)21(32)31(30-16)11-12-10-27-5-6-33-12/h1-4,7-8,12,27H,5-6,9-11H2,(H,28,29). The summed E-state index contributed by atoms with van der Waals surface area (Å²) in [5.74, 6) is -0.0772. The van der Waals surface area contributed by atoms with Crippen molar-refractivity contribution in [3.05, 3.63) is 63.3 Å². The van der Waals surface area contributed by atoms with Crippen molar-refractivity contribution < 1.29 is 22.6 Å². The molecule has 8 nitrogen and oxygen atoms in total. The number of fused-ring (bicyclic) bond motifs is 2. The van der Waals surface area contributed by atoms with Crippen LogP contribution in [-0.4, -0.2) is 51.9 Å². The molecule has 0 bridgehead atoms. The van der Waals surface area contributed by atoms with Crippen LogP contribution in [0.1, 0.15) is 11.5 Å². The van der Waals surface area contributed by atoms with Crippen molar-refractivity contribution in [1.82, 2.24) is 25.1 Å². The Balaban J connectivity index is 1.51. The van der Waals surface area contributed by atoms with Crippen LogP contribution in [0.25, 0.3) is 21.8 Å². The molecule has 0 aliphatic carbocycles. The molecule has 2 aromatic carbocycles. The summed E-state index contributed by atoms with van der Waals surface area (Å²) >= 11 is 5.95. The third kappa shape index (κ3) is 4.72. The molecule has 4 aromatic rings. The first-order chi connectivity index (χ1) is 16.3. The highest BCUT2D eigenvalue weighted by atomic mass is 35.5. The van der Waals surface area contributed by atoms with Gasteiger partial charge in [0.05, 0.1) is 52.8 Å². The van der Waals surface area contributed by atoms with Gasteiger partial charge in [-0.05, 0) is 12.1 Å². The van der Waals surface area contributed by atoms with Gasteiger partial charge in [-0.1, -0.05) is 29.8 Å². The summed E-state index contributed by atoms with van der Waals surface area (Å²) in [5.41, 5.74) is 1.08. The molecule has 1 aliphatic heterocycles. The summed E-state index contributed by atoms with van der Waals surface area (Å²) in [6.45, 7) is 2.22. The Morgan fingerprint density at radius 3 is 2.76 bits per heavy atom. The predicted molar refractivity (Wildman–Crippen MR) is 119 cm³/mol. The van der Waals surface area contributed by atoms with Crippen LogP contribution in [0.3, 0.4) is 0 Å². The Hall–Kier alpha value is -3.15. The average molecular weight is 494 g/mol. The van der Waals surface area contributed by atoms with Crippen molar-refractivity contribution in [2.75, 3.05) is 19.7 Å². The fraction of sp³-hybridized carbons (Fsp3) is 0.318. The Morgan fingerprint density at radius 1 is 1.24 bits per heavy atom. The van der Waals surface area contributed by atoms with Crippen LogP contribution in [0, 0.1) is 0 Å². The van der Waals surface area contributed by atoms with Crippen LogP contribution in [0.15, 0.2) is 41.2 Å². The molecule has 12 heteroatoms. The summed E-state index contributed by atoms with van der Waals surface area (Å²) in [6.07, 6.45) is -4.84. The first kappa shape index (κ1) is 22.6. The molecule has 0 amide bonds. The van der Waals surface area contributed by atoms with E-state index in [1.54, 1.807) is 18.2 Å². The summed E-state index contributed by atoms with van der Waals surface area (Å²) in [7, 11) is 0. The number of hydrogen-bond acceptors (Lipinski definition) is 6. The van der Waals surface area contributed by atoms with Gasteiger partial charge in [0.1, 0.15) is 11.6 Å². The first-order valence-corrected chi connectivity index (χ1v) is 10.9. The number of benzene rings is 2. The number of aromatic amines is 1. The molecule has 5 rings (SSSR count). The number of H-pyrrole nitrogens is 1. The van der Waals surface area contributed by atoms with E-state index in [1.165, 1.54) is 10.7 Å². The van der Waals surface area contributed by atoms with Crippen LogP contribution in [-0.2, 0) is 17.7 Å². The lowest BCUT2D eigenvalue weighted by atomic mass is 10.1. The molecule has 0 saturated carbocycles. The summed E-state index contributed by atoms with van der Waals surface area (Å²) < 4.78 is 49.0. The Bertz CT molecular complexity index is 1410. The molecule has 2 aromatic heterocycles. The van der Waals surface area contributed by atoms with Crippen molar-refractivity contribution in [3.63, 3.8) is 0 Å². The van der Waals surface area contributed by atoms with Gasteiger partial charge in [-0.2, -0.15) is 5.10 Å². The number of aromatic nitrogens is 4. The van der Waals surface area contributed by atoms with E-state index >= 15 is 0 Å². The third-order valence-electron chi connectivity index (χ3n) is 5.47. The van der Waals surface area contributed by atoms with E-state index in [9.17, 15) is 18.0 Å². The Kier molecular flexibility index (Phi) is 5.92. The second-order valence-corrected chi connectivity index (χ2v) is 8.29. The second kappa shape index (κ2) is 8.90. The highest BCUT2D eigenvalue weighted by Gasteiger charge is 2.32. The van der Waals surface area contributed by atoms with E-state index in [0.717, 1.165) is 12.6 Å². The average Bonchev–Trinajstić information content (AvgIpc) is 3.18. The maximum Gasteiger partial charge on any atom is 0.573 e. The van der Waals surface area contributed by atoms with Gasteiger partial charge in [0.2, 0.25) is 0 Å². The van der Waals surface area contributed by atoms with Gasteiger partial charge in [0.15, 0.2) is 0 Å². The van der Waals surface area contributed by atoms with E-state index in [1.807, 2.05) is 6.07 Å². The number of morpholine rings is 1. The number of halogens is 4. The Morgan fingerprint density at radius 2 is 2.03 bits per heavy atom. The highest BCUT2D eigenvalue weighted by Crippen LogP contribution is 2.33. The van der Waals surface area contributed by atoms with Crippen LogP contribution in [0.4, 0.5) is 13.2 Å². The molecular formula is C22H19ClF3N5O3. The topological polar surface area (TPSA) is 94.1 Å². The number of alkyl halides is 3. The highest BCUT2D eigenvalue weighted by molar-refractivity contribution is 6.32. The summed E-state index contributed by atoms with van der Waals surface area (Å²) in [5, 5.41) is 8.80. The van der Waals surface area contributed by atoms with Gasteiger partial charge in [-0.25, -0.2) is 9.67 Å². The molecule has 1 fully saturated rings. The van der Waals surface area contributed by atoms with Gasteiger partial charge in [-0.3, -0.25) is 4.79 Å². The monoisotopic (exact) mass is 493 g/mol. The lowest BCUT2D eigenvalue weighted by Crippen LogP contribution is -2.43. The van der Waals surface area contributed by atoms with Gasteiger partial charge < -0.3 is 19.8 Å². The van der Waals surface area contributed by atoms with E-state index in [0.29, 0.717) is 41.0 Å². The zero-order chi connectivity index (χ0) is 23.9. The van der Waals surface area contributed by atoms with E-state index in [2.05, 4.69) is 25.1 Å². The summed E-state index contributed by atoms with van der Waals surface area (Å²) in [4.78, 5) is 20.5. The number of imidazole rings is 1. The van der Waals surface area contributed by atoms with E-state index in [4.69, 9.17) is 16.3 Å². The fourth-order valence-corrected chi connectivity index (χ4v) is 4.20. The van der Waals surface area contributed by atoms with Gasteiger partial charge in [-0.15, -0.1) is 13.2 Å². The third-order valence-corrected chi connectivity index (χ3v) is 5.77. The number of rotatable bonds is 5. The van der Waals surface area contributed by atoms with Gasteiger partial charge in [0.25, 0.3) is 5.56 Å². The zero-order valence-electron chi connectivity index (χ0n) is 17.7. The van der Waals surface area contributed by atoms with Crippen LogP contribution < -0.4 is 15.6 Å². The lowest BCUT2D eigenvalue weighted by Gasteiger charge is -2.24. The normalized spacial score (nSPS) is 16.9. The molecule has 0 radical (unpaired) electrons. The SMILES string of the molecule is O=c1c2ccccc2c(Cc2nc3cc(OC(F)(F)F)c(Cl)cc3[nH]2)nn1CC1CNCCO1. The van der Waals surface area contributed by atoms with Crippen LogP contribution >= 0.6 is 11.6 Å². The van der Waals surface area contributed by atoms with Crippen molar-refractivity contribution in [2.45, 2.75) is 25.4 Å². The predicted octanol–water partition coefficient (Wildman–Crippen LogP) is 3.40. The maximum atomic E-state index is 13.0. The van der Waals surface area contributed by atoms with Crippen molar-refractivity contribution >= 4 is 33.4 Å². The minimum absolute atomic E-state index is 0.187. The molecule has 2 N–H and O–H groups in total. The van der Waals surface area contributed by atoms with Crippen molar-refractivity contribution in [2.24, 2.45) is 0 Å². The molecule has 178 valence electrons. The minimum atomic E-state index is -4.87. The molecule has 1 aliphatic rings. The number of hydrogen-bond donors (Lipinski definition) is 2. The quantitative estimate of drug-likeness (QED) is 0.442. The number of nitrogens with zero attached hydrogens (tertiary/aromatic N) is 3. The van der Waals surface area contributed by atoms with E-state index < -0.39 is 12.1 Å². The van der Waals surface area contributed by atoms with Crippen LogP contribution in [0.5, 0.6) is 5.75 Å². The largest absolute Gasteiger partial charge is 0.573 e. The molecule has 3 heterocycles. The molecule has 1 unspecified atom stereocenters. The molecule has 1 atom stereocenters. The smallest absolute Gasteiger partial charge is 0.404 e. The maximum absolute atomic E-state index is 13.0. The fourth-order valence-electron chi connectivity index (χ4n) is 4.00.